The van der Waals surface area contributed by atoms with Crippen molar-refractivity contribution in [2.45, 2.75) is 18.0 Å². The van der Waals surface area contributed by atoms with E-state index in [0.29, 0.717) is 23.5 Å². The Morgan fingerprint density at radius 2 is 1.26 bits per heavy atom. The number of aliphatic hydroxyl groups is 1. The number of ether oxygens (including phenoxy) is 1. The fourth-order valence-electron chi connectivity index (χ4n) is 3.91. The van der Waals surface area contributed by atoms with Crippen LogP contribution >= 0.6 is 0 Å². The summed E-state index contributed by atoms with van der Waals surface area (Å²) in [6.45, 7) is -0.457. The first kappa shape index (κ1) is 26.8. The molecule has 0 radical (unpaired) electrons. The molecule has 0 aliphatic rings. The van der Waals surface area contributed by atoms with Gasteiger partial charge in [0, 0.05) is 16.9 Å². The first-order chi connectivity index (χ1) is 17.8. The molecule has 0 bridgehead atoms. The second-order valence-corrected chi connectivity index (χ2v) is 8.27. The maximum absolute atomic E-state index is 13.3. The summed E-state index contributed by atoms with van der Waals surface area (Å²) in [5.41, 5.74) is -5.89. The highest BCUT2D eigenvalue weighted by atomic mass is 19.4. The van der Waals surface area contributed by atoms with Gasteiger partial charge in [-0.15, -0.1) is 0 Å². The Bertz CT molecular complexity index is 1390. The highest BCUT2D eigenvalue weighted by molar-refractivity contribution is 6.01. The van der Waals surface area contributed by atoms with Crippen molar-refractivity contribution in [3.63, 3.8) is 0 Å². The van der Waals surface area contributed by atoms with E-state index in [1.54, 1.807) is 60.7 Å². The molecule has 0 fully saturated rings. The van der Waals surface area contributed by atoms with Gasteiger partial charge in [0.05, 0.1) is 0 Å². The molecule has 0 spiro atoms. The molecule has 4 aromatic carbocycles. The minimum Gasteiger partial charge on any atom is -0.508 e. The molecule has 1 amide bonds. The molecule has 4 rings (SSSR count). The SMILES string of the molecule is O=C(COc1ccc2cc(C(O)(C(F)(F)F)C(F)(F)F)c(O)cc2c1)N(c1ccccc1)c1ccccc1. The fourth-order valence-corrected chi connectivity index (χ4v) is 3.91. The number of alkyl halides is 6. The molecule has 0 saturated carbocycles. The van der Waals surface area contributed by atoms with Gasteiger partial charge in [0.15, 0.2) is 6.61 Å². The van der Waals surface area contributed by atoms with Crippen molar-refractivity contribution in [2.75, 3.05) is 11.5 Å². The molecule has 38 heavy (non-hydrogen) atoms. The third-order valence-corrected chi connectivity index (χ3v) is 5.78. The van der Waals surface area contributed by atoms with Crippen LogP contribution in [0.1, 0.15) is 5.56 Å². The van der Waals surface area contributed by atoms with Crippen molar-refractivity contribution in [2.24, 2.45) is 0 Å². The Labute approximate surface area is 212 Å². The van der Waals surface area contributed by atoms with Gasteiger partial charge in [-0.3, -0.25) is 9.69 Å². The van der Waals surface area contributed by atoms with Crippen molar-refractivity contribution < 1.29 is 46.1 Å². The van der Waals surface area contributed by atoms with Gasteiger partial charge in [-0.05, 0) is 59.3 Å². The molecule has 0 atom stereocenters. The van der Waals surface area contributed by atoms with E-state index in [4.69, 9.17) is 4.74 Å². The number of carbonyl (C=O) groups excluding carboxylic acids is 1. The molecule has 0 aromatic heterocycles. The van der Waals surface area contributed by atoms with Gasteiger partial charge in [-0.25, -0.2) is 0 Å². The predicted molar refractivity (Wildman–Crippen MR) is 127 cm³/mol. The van der Waals surface area contributed by atoms with E-state index in [-0.39, 0.29) is 16.5 Å². The number of benzene rings is 4. The first-order valence-corrected chi connectivity index (χ1v) is 11.0. The number of halogens is 6. The van der Waals surface area contributed by atoms with Crippen LogP contribution in [0.4, 0.5) is 37.7 Å². The molecular formula is C27H19F6NO4. The minimum absolute atomic E-state index is 0.0193. The molecule has 5 nitrogen and oxygen atoms in total. The average molecular weight is 535 g/mol. The van der Waals surface area contributed by atoms with Crippen molar-refractivity contribution in [3.8, 4) is 11.5 Å². The Kier molecular flexibility index (Phi) is 6.98. The zero-order valence-corrected chi connectivity index (χ0v) is 19.3. The number of amides is 1. The van der Waals surface area contributed by atoms with Crippen LogP contribution in [0.2, 0.25) is 0 Å². The van der Waals surface area contributed by atoms with E-state index in [0.717, 1.165) is 6.07 Å². The van der Waals surface area contributed by atoms with E-state index in [9.17, 15) is 41.4 Å². The van der Waals surface area contributed by atoms with Crippen LogP contribution in [0.3, 0.4) is 0 Å². The summed E-state index contributed by atoms with van der Waals surface area (Å²) in [5, 5.41) is 19.6. The molecule has 0 saturated heterocycles. The number of hydrogen-bond acceptors (Lipinski definition) is 4. The molecule has 4 aromatic rings. The van der Waals surface area contributed by atoms with Crippen LogP contribution in [0.25, 0.3) is 10.8 Å². The minimum atomic E-state index is -6.15. The van der Waals surface area contributed by atoms with Crippen LogP contribution in [-0.4, -0.2) is 35.1 Å². The van der Waals surface area contributed by atoms with Crippen LogP contribution in [-0.2, 0) is 10.4 Å². The lowest BCUT2D eigenvalue weighted by Crippen LogP contribution is -2.53. The summed E-state index contributed by atoms with van der Waals surface area (Å²) in [4.78, 5) is 14.5. The van der Waals surface area contributed by atoms with Crippen molar-refractivity contribution >= 4 is 28.1 Å². The van der Waals surface area contributed by atoms with Crippen LogP contribution < -0.4 is 9.64 Å². The van der Waals surface area contributed by atoms with Gasteiger partial charge in [0.2, 0.25) is 0 Å². The van der Waals surface area contributed by atoms with Crippen LogP contribution in [0.15, 0.2) is 91.0 Å². The number of fused-ring (bicyclic) bond motifs is 1. The quantitative estimate of drug-likeness (QED) is 0.273. The van der Waals surface area contributed by atoms with Crippen molar-refractivity contribution in [1.82, 2.24) is 0 Å². The predicted octanol–water partition coefficient (Wildman–Crippen LogP) is 6.60. The lowest BCUT2D eigenvalue weighted by atomic mass is 9.89. The molecule has 0 unspecified atom stereocenters. The third-order valence-electron chi connectivity index (χ3n) is 5.78. The highest BCUT2D eigenvalue weighted by Crippen LogP contribution is 2.52. The van der Waals surface area contributed by atoms with Gasteiger partial charge < -0.3 is 14.9 Å². The maximum atomic E-state index is 13.3. The van der Waals surface area contributed by atoms with Crippen LogP contribution in [0.5, 0.6) is 11.5 Å². The summed E-state index contributed by atoms with van der Waals surface area (Å²) in [5.74, 6) is -1.80. The molecule has 11 heteroatoms. The first-order valence-electron chi connectivity index (χ1n) is 11.0. The second kappa shape index (κ2) is 9.90. The maximum Gasteiger partial charge on any atom is 0.430 e. The molecule has 0 aliphatic carbocycles. The van der Waals surface area contributed by atoms with Crippen molar-refractivity contribution in [3.05, 3.63) is 96.6 Å². The van der Waals surface area contributed by atoms with Gasteiger partial charge in [0.1, 0.15) is 11.5 Å². The number of carbonyl (C=O) groups is 1. The topological polar surface area (TPSA) is 70.0 Å². The number of anilines is 2. The number of phenols is 1. The number of para-hydroxylation sites is 2. The molecule has 2 N–H and O–H groups in total. The van der Waals surface area contributed by atoms with Gasteiger partial charge in [-0.2, -0.15) is 26.3 Å². The Hall–Kier alpha value is -4.25. The van der Waals surface area contributed by atoms with Crippen molar-refractivity contribution in [1.29, 1.82) is 0 Å². The van der Waals surface area contributed by atoms with Gasteiger partial charge in [-0.1, -0.05) is 42.5 Å². The largest absolute Gasteiger partial charge is 0.508 e. The fraction of sp³-hybridized carbons (Fsp3) is 0.148. The Morgan fingerprint density at radius 1 is 0.737 bits per heavy atom. The number of rotatable bonds is 6. The summed E-state index contributed by atoms with van der Waals surface area (Å²) in [6, 6.07) is 22.2. The number of aromatic hydroxyl groups is 1. The monoisotopic (exact) mass is 535 g/mol. The van der Waals surface area contributed by atoms with Crippen LogP contribution in [0, 0.1) is 0 Å². The second-order valence-electron chi connectivity index (χ2n) is 8.27. The third kappa shape index (κ3) is 4.97. The lowest BCUT2D eigenvalue weighted by Gasteiger charge is -2.33. The summed E-state index contributed by atoms with van der Waals surface area (Å²) < 4.78 is 85.2. The van der Waals surface area contributed by atoms with Gasteiger partial charge in [0.25, 0.3) is 11.5 Å². The molecule has 0 aliphatic heterocycles. The summed E-state index contributed by atoms with van der Waals surface area (Å²) >= 11 is 0. The number of phenolic OH excluding ortho intramolecular Hbond substituents is 1. The zero-order valence-electron chi connectivity index (χ0n) is 19.3. The zero-order chi connectivity index (χ0) is 27.7. The Balaban J connectivity index is 1.62. The van der Waals surface area contributed by atoms with Gasteiger partial charge >= 0.3 is 12.4 Å². The molecular weight excluding hydrogens is 516 g/mol. The number of nitrogens with zero attached hydrogens (tertiary/aromatic N) is 1. The van der Waals surface area contributed by atoms with E-state index in [2.05, 4.69) is 0 Å². The van der Waals surface area contributed by atoms with E-state index < -0.39 is 41.8 Å². The highest BCUT2D eigenvalue weighted by Gasteiger charge is 2.72. The standard InChI is InChI=1S/C27H19F6NO4/c28-26(29,30)25(37,27(31,32)33)22-14-17-11-12-21(13-18(17)15-23(22)35)38-16-24(36)34(19-7-3-1-4-8-19)20-9-5-2-6-10-20/h1-15,35,37H,16H2. The van der Waals surface area contributed by atoms with E-state index in [1.165, 1.54) is 17.0 Å². The Morgan fingerprint density at radius 3 is 1.76 bits per heavy atom. The molecule has 198 valence electrons. The normalized spacial score (nSPS) is 12.4. The number of hydrogen-bond donors (Lipinski definition) is 2. The summed E-state index contributed by atoms with van der Waals surface area (Å²) in [7, 11) is 0. The average Bonchev–Trinajstić information content (AvgIpc) is 2.86. The van der Waals surface area contributed by atoms with E-state index >= 15 is 0 Å². The van der Waals surface area contributed by atoms with E-state index in [1.807, 2.05) is 0 Å². The molecule has 0 heterocycles. The lowest BCUT2D eigenvalue weighted by molar-refractivity contribution is -0.376. The summed E-state index contributed by atoms with van der Waals surface area (Å²) in [6.07, 6.45) is -12.3. The smallest absolute Gasteiger partial charge is 0.430 e.